The lowest BCUT2D eigenvalue weighted by molar-refractivity contribution is 0.254. The molecule has 1 atom stereocenters. The SMILES string of the molecule is C[C@@H]1CCCCN1C(=S)NCc1ccco1. The minimum absolute atomic E-state index is 0.561. The zero-order valence-electron chi connectivity index (χ0n) is 9.61. The van der Waals surface area contributed by atoms with Gasteiger partial charge in [-0.1, -0.05) is 0 Å². The van der Waals surface area contributed by atoms with Crippen LogP contribution < -0.4 is 5.32 Å². The highest BCUT2D eigenvalue weighted by atomic mass is 32.1. The predicted molar refractivity (Wildman–Crippen MR) is 68.2 cm³/mol. The average Bonchev–Trinajstić information content (AvgIpc) is 2.79. The van der Waals surface area contributed by atoms with Crippen LogP contribution in [0.1, 0.15) is 31.9 Å². The summed E-state index contributed by atoms with van der Waals surface area (Å²) in [5.41, 5.74) is 0. The first-order valence-electron chi connectivity index (χ1n) is 5.84. The molecule has 16 heavy (non-hydrogen) atoms. The quantitative estimate of drug-likeness (QED) is 0.802. The summed E-state index contributed by atoms with van der Waals surface area (Å²) in [7, 11) is 0. The third-order valence-corrected chi connectivity index (χ3v) is 3.44. The van der Waals surface area contributed by atoms with E-state index in [0.717, 1.165) is 17.4 Å². The van der Waals surface area contributed by atoms with E-state index in [1.807, 2.05) is 12.1 Å². The van der Waals surface area contributed by atoms with E-state index < -0.39 is 0 Å². The number of nitrogens with zero attached hydrogens (tertiary/aromatic N) is 1. The molecule has 2 rings (SSSR count). The maximum atomic E-state index is 5.40. The Kier molecular flexibility index (Phi) is 3.83. The van der Waals surface area contributed by atoms with Crippen LogP contribution in [0.25, 0.3) is 0 Å². The van der Waals surface area contributed by atoms with Crippen molar-refractivity contribution in [1.82, 2.24) is 10.2 Å². The van der Waals surface area contributed by atoms with Gasteiger partial charge in [0.2, 0.25) is 0 Å². The van der Waals surface area contributed by atoms with Crippen molar-refractivity contribution in [3.63, 3.8) is 0 Å². The van der Waals surface area contributed by atoms with Gasteiger partial charge in [-0.15, -0.1) is 0 Å². The zero-order valence-corrected chi connectivity index (χ0v) is 10.4. The maximum absolute atomic E-state index is 5.40. The van der Waals surface area contributed by atoms with Crippen LogP contribution in [0.2, 0.25) is 0 Å². The minimum atomic E-state index is 0.561. The molecule has 1 aliphatic rings. The number of hydrogen-bond donors (Lipinski definition) is 1. The number of thiocarbonyl (C=S) groups is 1. The van der Waals surface area contributed by atoms with Crippen molar-refractivity contribution in [1.29, 1.82) is 0 Å². The molecule has 2 heterocycles. The molecule has 0 spiro atoms. The highest BCUT2D eigenvalue weighted by Gasteiger charge is 2.20. The number of hydrogen-bond acceptors (Lipinski definition) is 2. The Bertz CT molecular complexity index is 337. The summed E-state index contributed by atoms with van der Waals surface area (Å²) in [6, 6.07) is 4.41. The van der Waals surface area contributed by atoms with Crippen LogP contribution in [0.4, 0.5) is 0 Å². The van der Waals surface area contributed by atoms with Crippen molar-refractivity contribution in [3.05, 3.63) is 24.2 Å². The van der Waals surface area contributed by atoms with Crippen molar-refractivity contribution in [2.75, 3.05) is 6.54 Å². The van der Waals surface area contributed by atoms with Gasteiger partial charge >= 0.3 is 0 Å². The Balaban J connectivity index is 1.83. The molecular formula is C12H18N2OS. The van der Waals surface area contributed by atoms with Crippen molar-refractivity contribution in [2.24, 2.45) is 0 Å². The third-order valence-electron chi connectivity index (χ3n) is 3.06. The minimum Gasteiger partial charge on any atom is -0.467 e. The van der Waals surface area contributed by atoms with Gasteiger partial charge in [-0.2, -0.15) is 0 Å². The molecule has 1 saturated heterocycles. The fourth-order valence-corrected chi connectivity index (χ4v) is 2.42. The van der Waals surface area contributed by atoms with Crippen LogP contribution in [-0.4, -0.2) is 22.6 Å². The molecule has 1 N–H and O–H groups in total. The zero-order chi connectivity index (χ0) is 11.4. The van der Waals surface area contributed by atoms with Crippen molar-refractivity contribution >= 4 is 17.3 Å². The molecule has 1 aliphatic heterocycles. The van der Waals surface area contributed by atoms with E-state index in [2.05, 4.69) is 17.1 Å². The highest BCUT2D eigenvalue weighted by Crippen LogP contribution is 2.16. The average molecular weight is 238 g/mol. The van der Waals surface area contributed by atoms with E-state index in [9.17, 15) is 0 Å². The molecule has 1 fully saturated rings. The monoisotopic (exact) mass is 238 g/mol. The van der Waals surface area contributed by atoms with Crippen molar-refractivity contribution in [3.8, 4) is 0 Å². The second-order valence-electron chi connectivity index (χ2n) is 4.28. The summed E-state index contributed by atoms with van der Waals surface area (Å²) in [4.78, 5) is 2.28. The Morgan fingerprint density at radius 3 is 3.19 bits per heavy atom. The molecule has 1 aromatic rings. The predicted octanol–water partition coefficient (Wildman–Crippen LogP) is 2.53. The molecule has 0 saturated carbocycles. The molecular weight excluding hydrogens is 220 g/mol. The van der Waals surface area contributed by atoms with Gasteiger partial charge in [-0.3, -0.25) is 0 Å². The summed E-state index contributed by atoms with van der Waals surface area (Å²) >= 11 is 5.40. The largest absolute Gasteiger partial charge is 0.467 e. The molecule has 0 radical (unpaired) electrons. The van der Waals surface area contributed by atoms with Gasteiger partial charge in [-0.05, 0) is 50.5 Å². The second-order valence-corrected chi connectivity index (χ2v) is 4.66. The fourth-order valence-electron chi connectivity index (χ4n) is 2.08. The first kappa shape index (κ1) is 11.5. The Labute approximate surface area is 102 Å². The van der Waals surface area contributed by atoms with Gasteiger partial charge in [0.1, 0.15) is 5.76 Å². The molecule has 4 heteroatoms. The second kappa shape index (κ2) is 5.34. The smallest absolute Gasteiger partial charge is 0.169 e. The Hall–Kier alpha value is -1.03. The number of piperidine rings is 1. The van der Waals surface area contributed by atoms with Crippen LogP contribution >= 0.6 is 12.2 Å². The lowest BCUT2D eigenvalue weighted by Crippen LogP contribution is -2.47. The summed E-state index contributed by atoms with van der Waals surface area (Å²) in [5, 5.41) is 4.10. The molecule has 0 amide bonds. The van der Waals surface area contributed by atoms with Crippen LogP contribution in [0.15, 0.2) is 22.8 Å². The number of likely N-dealkylation sites (tertiary alicyclic amines) is 1. The van der Waals surface area contributed by atoms with E-state index in [4.69, 9.17) is 16.6 Å². The van der Waals surface area contributed by atoms with Gasteiger partial charge in [0.15, 0.2) is 5.11 Å². The first-order chi connectivity index (χ1) is 7.77. The van der Waals surface area contributed by atoms with Gasteiger partial charge in [-0.25, -0.2) is 0 Å². The topological polar surface area (TPSA) is 28.4 Å². The summed E-state index contributed by atoms with van der Waals surface area (Å²) < 4.78 is 5.26. The van der Waals surface area contributed by atoms with E-state index in [0.29, 0.717) is 12.6 Å². The molecule has 0 bridgehead atoms. The first-order valence-corrected chi connectivity index (χ1v) is 6.25. The van der Waals surface area contributed by atoms with E-state index >= 15 is 0 Å². The molecule has 3 nitrogen and oxygen atoms in total. The van der Waals surface area contributed by atoms with Gasteiger partial charge in [0.05, 0.1) is 12.8 Å². The Morgan fingerprint density at radius 1 is 1.62 bits per heavy atom. The maximum Gasteiger partial charge on any atom is 0.169 e. The molecule has 0 unspecified atom stereocenters. The molecule has 0 aromatic carbocycles. The summed E-state index contributed by atoms with van der Waals surface area (Å²) in [6.07, 6.45) is 5.48. The lowest BCUT2D eigenvalue weighted by atomic mass is 10.0. The van der Waals surface area contributed by atoms with Crippen molar-refractivity contribution < 1.29 is 4.42 Å². The van der Waals surface area contributed by atoms with Crippen LogP contribution in [-0.2, 0) is 6.54 Å². The van der Waals surface area contributed by atoms with Crippen molar-refractivity contribution in [2.45, 2.75) is 38.8 Å². The van der Waals surface area contributed by atoms with Gasteiger partial charge in [0, 0.05) is 12.6 Å². The van der Waals surface area contributed by atoms with Crippen LogP contribution in [0, 0.1) is 0 Å². The summed E-state index contributed by atoms with van der Waals surface area (Å²) in [5.74, 6) is 0.923. The Morgan fingerprint density at radius 2 is 2.50 bits per heavy atom. The standard InChI is InChI=1S/C12H18N2OS/c1-10-5-2-3-7-14(10)12(16)13-9-11-6-4-8-15-11/h4,6,8,10H,2-3,5,7,9H2,1H3,(H,13,16)/t10-/m1/s1. The third kappa shape index (κ3) is 2.76. The molecule has 1 aromatic heterocycles. The normalized spacial score (nSPS) is 20.8. The lowest BCUT2D eigenvalue weighted by Gasteiger charge is -2.35. The van der Waals surface area contributed by atoms with Gasteiger partial charge < -0.3 is 14.6 Å². The molecule has 0 aliphatic carbocycles. The van der Waals surface area contributed by atoms with E-state index in [-0.39, 0.29) is 0 Å². The number of nitrogens with one attached hydrogen (secondary N) is 1. The number of furan rings is 1. The highest BCUT2D eigenvalue weighted by molar-refractivity contribution is 7.80. The number of rotatable bonds is 2. The fraction of sp³-hybridized carbons (Fsp3) is 0.583. The molecule has 88 valence electrons. The van der Waals surface area contributed by atoms with Crippen LogP contribution in [0.3, 0.4) is 0 Å². The van der Waals surface area contributed by atoms with Crippen LogP contribution in [0.5, 0.6) is 0 Å². The summed E-state index contributed by atoms with van der Waals surface area (Å²) in [6.45, 7) is 3.99. The van der Waals surface area contributed by atoms with E-state index in [1.54, 1.807) is 6.26 Å². The van der Waals surface area contributed by atoms with Gasteiger partial charge in [0.25, 0.3) is 0 Å². The van der Waals surface area contributed by atoms with E-state index in [1.165, 1.54) is 19.3 Å².